The summed E-state index contributed by atoms with van der Waals surface area (Å²) >= 11 is 0. The quantitative estimate of drug-likeness (QED) is 0.532. The molecule has 1 N–H and O–H groups in total. The maximum atomic E-state index is 4.24. The lowest BCUT2D eigenvalue weighted by molar-refractivity contribution is -0.735. The number of hydrogen-bond acceptors (Lipinski definition) is 1. The molecule has 0 aliphatic carbocycles. The Labute approximate surface area is 54.7 Å². The number of nitrogens with zero attached hydrogens (tertiary/aromatic N) is 2. The predicted molar refractivity (Wildman–Crippen MR) is 33.9 cm³/mol. The van der Waals surface area contributed by atoms with Crippen molar-refractivity contribution in [3.63, 3.8) is 0 Å². The van der Waals surface area contributed by atoms with E-state index in [-0.39, 0.29) is 0 Å². The van der Waals surface area contributed by atoms with Gasteiger partial charge >= 0.3 is 5.82 Å². The monoisotopic (exact) mass is 126 g/mol. The number of aromatic nitrogens is 3. The zero-order valence-electron chi connectivity index (χ0n) is 6.10. The topological polar surface area (TPSA) is 32.6 Å². The Morgan fingerprint density at radius 2 is 2.33 bits per heavy atom. The van der Waals surface area contributed by atoms with Gasteiger partial charge in [-0.25, -0.2) is 0 Å². The molecule has 0 aliphatic rings. The summed E-state index contributed by atoms with van der Waals surface area (Å²) in [6.45, 7) is 4.05. The Bertz CT molecular complexity index is 202. The Kier molecular flexibility index (Phi) is 1.51. The highest BCUT2D eigenvalue weighted by Crippen LogP contribution is 1.86. The molecule has 1 aromatic rings. The first-order valence-electron chi connectivity index (χ1n) is 3.15. The van der Waals surface area contributed by atoms with E-state index in [0.717, 1.165) is 18.1 Å². The predicted octanol–water partition coefficient (Wildman–Crippen LogP) is 0.105. The second-order valence-electron chi connectivity index (χ2n) is 2.14. The van der Waals surface area contributed by atoms with E-state index in [9.17, 15) is 0 Å². The van der Waals surface area contributed by atoms with Gasteiger partial charge in [-0.05, 0) is 4.98 Å². The van der Waals surface area contributed by atoms with Crippen LogP contribution in [0.5, 0.6) is 0 Å². The fourth-order valence-corrected chi connectivity index (χ4v) is 0.917. The lowest BCUT2D eigenvalue weighted by Gasteiger charge is -1.80. The lowest BCUT2D eigenvalue weighted by atomic mass is 10.5. The molecule has 0 fully saturated rings. The van der Waals surface area contributed by atoms with Crippen molar-refractivity contribution < 1.29 is 4.68 Å². The summed E-state index contributed by atoms with van der Waals surface area (Å²) in [5.74, 6) is 2.09. The van der Waals surface area contributed by atoms with Gasteiger partial charge in [0.25, 0.3) is 0 Å². The molecule has 9 heavy (non-hydrogen) atoms. The van der Waals surface area contributed by atoms with Gasteiger partial charge < -0.3 is 0 Å². The number of H-pyrrole nitrogens is 1. The van der Waals surface area contributed by atoms with E-state index >= 15 is 0 Å². The van der Waals surface area contributed by atoms with E-state index < -0.39 is 0 Å². The summed E-state index contributed by atoms with van der Waals surface area (Å²) in [5, 5.41) is 3.06. The van der Waals surface area contributed by atoms with Crippen molar-refractivity contribution in [1.29, 1.82) is 0 Å². The van der Waals surface area contributed by atoms with Crippen LogP contribution in [0.2, 0.25) is 0 Å². The minimum atomic E-state index is 0.981. The minimum Gasteiger partial charge on any atom is -0.192 e. The zero-order chi connectivity index (χ0) is 6.85. The van der Waals surface area contributed by atoms with Gasteiger partial charge in [-0.1, -0.05) is 6.92 Å². The first-order valence-corrected chi connectivity index (χ1v) is 3.15. The molecule has 0 saturated carbocycles. The van der Waals surface area contributed by atoms with Crippen LogP contribution in [0, 0.1) is 6.92 Å². The fraction of sp³-hybridized carbons (Fsp3) is 0.667. The molecule has 0 atom stereocenters. The maximum absolute atomic E-state index is 4.24. The van der Waals surface area contributed by atoms with Gasteiger partial charge in [0.15, 0.2) is 0 Å². The Hall–Kier alpha value is -0.860. The average molecular weight is 126 g/mol. The smallest absolute Gasteiger partial charge is 0.192 e. The van der Waals surface area contributed by atoms with E-state index in [1.165, 1.54) is 0 Å². The first kappa shape index (κ1) is 6.26. The van der Waals surface area contributed by atoms with Crippen LogP contribution < -0.4 is 4.68 Å². The number of aromatic amines is 1. The van der Waals surface area contributed by atoms with Crippen LogP contribution in [0.4, 0.5) is 0 Å². The number of hydrogen-bond donors (Lipinski definition) is 1. The third-order valence-electron chi connectivity index (χ3n) is 1.33. The normalized spacial score (nSPS) is 10.1. The van der Waals surface area contributed by atoms with Gasteiger partial charge in [0.2, 0.25) is 5.82 Å². The summed E-state index contributed by atoms with van der Waals surface area (Å²) in [6, 6.07) is 0. The van der Waals surface area contributed by atoms with E-state index in [2.05, 4.69) is 17.0 Å². The van der Waals surface area contributed by atoms with Crippen LogP contribution in [0.1, 0.15) is 18.6 Å². The van der Waals surface area contributed by atoms with Crippen molar-refractivity contribution in [3.05, 3.63) is 11.6 Å². The average Bonchev–Trinajstić information content (AvgIpc) is 2.10. The van der Waals surface area contributed by atoms with Gasteiger partial charge in [0, 0.05) is 6.92 Å². The molecule has 0 bridgehead atoms. The summed E-state index contributed by atoms with van der Waals surface area (Å²) in [7, 11) is 1.97. The summed E-state index contributed by atoms with van der Waals surface area (Å²) in [4.78, 5) is 4.24. The van der Waals surface area contributed by atoms with E-state index in [0.29, 0.717) is 0 Å². The summed E-state index contributed by atoms with van der Waals surface area (Å²) in [6.07, 6.45) is 0.987. The molecule has 1 heterocycles. The molecule has 0 radical (unpaired) electrons. The van der Waals surface area contributed by atoms with Crippen molar-refractivity contribution in [1.82, 2.24) is 10.1 Å². The van der Waals surface area contributed by atoms with Gasteiger partial charge in [0.1, 0.15) is 7.05 Å². The van der Waals surface area contributed by atoms with Crippen LogP contribution in [0.3, 0.4) is 0 Å². The van der Waals surface area contributed by atoms with E-state index in [1.807, 2.05) is 18.7 Å². The summed E-state index contributed by atoms with van der Waals surface area (Å²) < 4.78 is 1.94. The van der Waals surface area contributed by atoms with Crippen LogP contribution in [0.15, 0.2) is 0 Å². The maximum Gasteiger partial charge on any atom is 0.318 e. The van der Waals surface area contributed by atoms with Gasteiger partial charge in [0.05, 0.1) is 6.42 Å². The molecule has 0 amide bonds. The van der Waals surface area contributed by atoms with Gasteiger partial charge in [-0.15, -0.1) is 0 Å². The molecule has 1 aromatic heterocycles. The molecule has 0 spiro atoms. The third-order valence-corrected chi connectivity index (χ3v) is 1.33. The van der Waals surface area contributed by atoms with Gasteiger partial charge in [-0.2, -0.15) is 9.78 Å². The number of rotatable bonds is 1. The lowest BCUT2D eigenvalue weighted by Crippen LogP contribution is -2.34. The van der Waals surface area contributed by atoms with Crippen LogP contribution in [-0.4, -0.2) is 10.1 Å². The molecule has 1 rings (SSSR count). The second-order valence-corrected chi connectivity index (χ2v) is 2.14. The molecular weight excluding hydrogens is 114 g/mol. The molecule has 0 aromatic carbocycles. The summed E-state index contributed by atoms with van der Waals surface area (Å²) in [5.41, 5.74) is 0. The Balaban J connectivity index is 3.01. The largest absolute Gasteiger partial charge is 0.318 e. The van der Waals surface area contributed by atoms with Crippen LogP contribution >= 0.6 is 0 Å². The molecule has 0 aliphatic heterocycles. The molecule has 0 saturated heterocycles. The van der Waals surface area contributed by atoms with Crippen molar-refractivity contribution in [3.8, 4) is 0 Å². The highest BCUT2D eigenvalue weighted by molar-refractivity contribution is 4.79. The third kappa shape index (κ3) is 1.09. The van der Waals surface area contributed by atoms with Crippen molar-refractivity contribution in [2.75, 3.05) is 0 Å². The van der Waals surface area contributed by atoms with Crippen molar-refractivity contribution in [2.24, 2.45) is 7.05 Å². The molecule has 50 valence electrons. The standard InChI is InChI=1S/C6H11N3/c1-4-6-7-5(2)8-9(6)3/h4H2,1-3H3/p+1. The van der Waals surface area contributed by atoms with Crippen LogP contribution in [0.25, 0.3) is 0 Å². The fourth-order valence-electron chi connectivity index (χ4n) is 0.917. The second kappa shape index (κ2) is 2.17. The first-order chi connectivity index (χ1) is 4.24. The Morgan fingerprint density at radius 3 is 2.56 bits per heavy atom. The molecule has 0 unspecified atom stereocenters. The van der Waals surface area contributed by atoms with Gasteiger partial charge in [-0.3, -0.25) is 0 Å². The molecular formula is C6H12N3+. The van der Waals surface area contributed by atoms with Crippen molar-refractivity contribution in [2.45, 2.75) is 20.3 Å². The SMILES string of the molecule is CCc1nc(C)[nH][n+]1C. The highest BCUT2D eigenvalue weighted by atomic mass is 15.3. The van der Waals surface area contributed by atoms with Crippen LogP contribution in [-0.2, 0) is 13.5 Å². The van der Waals surface area contributed by atoms with E-state index in [1.54, 1.807) is 0 Å². The number of nitrogens with one attached hydrogen (secondary N) is 1. The minimum absolute atomic E-state index is 0.981. The van der Waals surface area contributed by atoms with E-state index in [4.69, 9.17) is 0 Å². The highest BCUT2D eigenvalue weighted by Gasteiger charge is 2.09. The van der Waals surface area contributed by atoms with Crippen molar-refractivity contribution >= 4 is 0 Å². The zero-order valence-corrected chi connectivity index (χ0v) is 6.10. The Morgan fingerprint density at radius 1 is 1.67 bits per heavy atom. The molecule has 3 nitrogen and oxygen atoms in total. The molecule has 3 heteroatoms. The number of aryl methyl sites for hydroxylation is 3.